The van der Waals surface area contributed by atoms with Crippen LogP contribution in [0.4, 0.5) is 19.0 Å². The van der Waals surface area contributed by atoms with Crippen LogP contribution in [0.5, 0.6) is 0 Å². The second-order valence-electron chi connectivity index (χ2n) is 5.52. The number of pyridine rings is 1. The Morgan fingerprint density at radius 1 is 1.26 bits per heavy atom. The lowest BCUT2D eigenvalue weighted by atomic mass is 10.1. The predicted molar refractivity (Wildman–Crippen MR) is 78.2 cm³/mol. The van der Waals surface area contributed by atoms with Crippen LogP contribution >= 0.6 is 0 Å². The maximum absolute atomic E-state index is 12.6. The highest BCUT2D eigenvalue weighted by Crippen LogP contribution is 2.30. The minimum atomic E-state index is -4.41. The quantitative estimate of drug-likeness (QED) is 0.806. The lowest BCUT2D eigenvalue weighted by Gasteiger charge is -2.29. The molecule has 8 heteroatoms. The molecule has 0 N–H and O–H groups in total. The van der Waals surface area contributed by atoms with E-state index in [1.54, 1.807) is 18.9 Å². The second-order valence-corrected chi connectivity index (χ2v) is 5.52. The van der Waals surface area contributed by atoms with E-state index >= 15 is 0 Å². The van der Waals surface area contributed by atoms with Gasteiger partial charge in [-0.25, -0.2) is 9.97 Å². The van der Waals surface area contributed by atoms with Crippen molar-refractivity contribution in [2.45, 2.75) is 26.1 Å². The molecule has 1 aliphatic heterocycles. The first kappa shape index (κ1) is 15.5. The molecule has 2 aromatic heterocycles. The van der Waals surface area contributed by atoms with Gasteiger partial charge < -0.3 is 4.90 Å². The van der Waals surface area contributed by atoms with Gasteiger partial charge in [0.1, 0.15) is 11.6 Å². The fraction of sp³-hybridized carbons (Fsp3) is 0.400. The SMILES string of the molecule is Cc1nc2c(c(=O)n1C)CN(c1ccc(C(F)(F)F)cn1)CC2. The normalized spacial score (nSPS) is 14.7. The fourth-order valence-corrected chi connectivity index (χ4v) is 2.62. The summed E-state index contributed by atoms with van der Waals surface area (Å²) in [6, 6.07) is 2.34. The molecular weight excluding hydrogens is 309 g/mol. The number of aryl methyl sites for hydroxylation is 1. The van der Waals surface area contributed by atoms with Gasteiger partial charge in [-0.1, -0.05) is 0 Å². The minimum Gasteiger partial charge on any atom is -0.352 e. The summed E-state index contributed by atoms with van der Waals surface area (Å²) in [5.74, 6) is 1.07. The number of halogens is 3. The zero-order valence-electron chi connectivity index (χ0n) is 12.7. The van der Waals surface area contributed by atoms with Crippen molar-refractivity contribution < 1.29 is 13.2 Å². The third-order valence-electron chi connectivity index (χ3n) is 4.06. The van der Waals surface area contributed by atoms with E-state index in [1.165, 1.54) is 10.6 Å². The topological polar surface area (TPSA) is 51.0 Å². The molecule has 3 heterocycles. The van der Waals surface area contributed by atoms with Crippen molar-refractivity contribution in [3.63, 3.8) is 0 Å². The van der Waals surface area contributed by atoms with Gasteiger partial charge in [0, 0.05) is 26.2 Å². The Balaban J connectivity index is 1.90. The molecule has 23 heavy (non-hydrogen) atoms. The first-order valence-corrected chi connectivity index (χ1v) is 7.11. The Bertz CT molecular complexity index is 796. The molecule has 0 saturated carbocycles. The summed E-state index contributed by atoms with van der Waals surface area (Å²) >= 11 is 0. The van der Waals surface area contributed by atoms with Gasteiger partial charge >= 0.3 is 6.18 Å². The van der Waals surface area contributed by atoms with Crippen LogP contribution in [-0.4, -0.2) is 21.1 Å². The molecule has 122 valence electrons. The van der Waals surface area contributed by atoms with Crippen molar-refractivity contribution in [3.05, 3.63) is 51.3 Å². The minimum absolute atomic E-state index is 0.121. The van der Waals surface area contributed by atoms with Crippen molar-refractivity contribution in [2.75, 3.05) is 11.4 Å². The molecule has 3 rings (SSSR count). The van der Waals surface area contributed by atoms with Gasteiger partial charge in [-0.2, -0.15) is 13.2 Å². The summed E-state index contributed by atoms with van der Waals surface area (Å²) in [6.45, 7) is 2.63. The van der Waals surface area contributed by atoms with Crippen LogP contribution in [0.25, 0.3) is 0 Å². The molecule has 0 aliphatic carbocycles. The van der Waals surface area contributed by atoms with E-state index in [2.05, 4.69) is 9.97 Å². The van der Waals surface area contributed by atoms with Crippen LogP contribution in [-0.2, 0) is 26.2 Å². The van der Waals surface area contributed by atoms with Gasteiger partial charge in [0.15, 0.2) is 0 Å². The first-order valence-electron chi connectivity index (χ1n) is 7.11. The van der Waals surface area contributed by atoms with E-state index in [1.807, 2.05) is 0 Å². The summed E-state index contributed by atoms with van der Waals surface area (Å²) < 4.78 is 39.2. The highest BCUT2D eigenvalue weighted by molar-refractivity contribution is 5.43. The third-order valence-corrected chi connectivity index (χ3v) is 4.06. The van der Waals surface area contributed by atoms with Crippen molar-refractivity contribution >= 4 is 5.82 Å². The Morgan fingerprint density at radius 3 is 2.61 bits per heavy atom. The number of anilines is 1. The van der Waals surface area contributed by atoms with Crippen LogP contribution in [0.2, 0.25) is 0 Å². The summed E-state index contributed by atoms with van der Waals surface area (Å²) in [5.41, 5.74) is 0.427. The van der Waals surface area contributed by atoms with E-state index in [9.17, 15) is 18.0 Å². The van der Waals surface area contributed by atoms with E-state index in [0.29, 0.717) is 36.7 Å². The van der Waals surface area contributed by atoms with Gasteiger partial charge in [0.2, 0.25) is 0 Å². The van der Waals surface area contributed by atoms with Crippen LogP contribution in [0.3, 0.4) is 0 Å². The van der Waals surface area contributed by atoms with E-state index < -0.39 is 11.7 Å². The number of hydrogen-bond acceptors (Lipinski definition) is 4. The number of aromatic nitrogens is 3. The van der Waals surface area contributed by atoms with Crippen LogP contribution in [0, 0.1) is 6.92 Å². The van der Waals surface area contributed by atoms with Gasteiger partial charge in [-0.3, -0.25) is 9.36 Å². The van der Waals surface area contributed by atoms with E-state index in [-0.39, 0.29) is 5.56 Å². The average molecular weight is 324 g/mol. The Kier molecular flexibility index (Phi) is 3.62. The fourth-order valence-electron chi connectivity index (χ4n) is 2.62. The molecule has 2 aromatic rings. The van der Waals surface area contributed by atoms with Gasteiger partial charge in [0.25, 0.3) is 5.56 Å². The highest BCUT2D eigenvalue weighted by Gasteiger charge is 2.31. The Hall–Kier alpha value is -2.38. The lowest BCUT2D eigenvalue weighted by Crippen LogP contribution is -2.38. The number of fused-ring (bicyclic) bond motifs is 1. The zero-order chi connectivity index (χ0) is 16.8. The van der Waals surface area contributed by atoms with Gasteiger partial charge in [-0.05, 0) is 19.1 Å². The molecule has 0 saturated heterocycles. The van der Waals surface area contributed by atoms with Crippen LogP contribution in [0.15, 0.2) is 23.1 Å². The number of alkyl halides is 3. The summed E-state index contributed by atoms with van der Waals surface area (Å²) in [5, 5.41) is 0. The van der Waals surface area contributed by atoms with Gasteiger partial charge in [0.05, 0.1) is 23.4 Å². The Labute approximate surface area is 130 Å². The van der Waals surface area contributed by atoms with Crippen LogP contribution in [0.1, 0.15) is 22.6 Å². The van der Waals surface area contributed by atoms with Crippen molar-refractivity contribution in [1.82, 2.24) is 14.5 Å². The maximum Gasteiger partial charge on any atom is 0.417 e. The standard InChI is InChI=1S/C15H15F3N4O/c1-9-20-12-5-6-22(8-11(12)14(23)21(9)2)13-4-3-10(7-19-13)15(16,17)18/h3-4,7H,5-6,8H2,1-2H3. The molecule has 1 aliphatic rings. The van der Waals surface area contributed by atoms with E-state index in [4.69, 9.17) is 0 Å². The predicted octanol–water partition coefficient (Wildman–Crippen LogP) is 2.07. The number of nitrogens with zero attached hydrogens (tertiary/aromatic N) is 4. The number of rotatable bonds is 1. The van der Waals surface area contributed by atoms with Gasteiger partial charge in [-0.15, -0.1) is 0 Å². The van der Waals surface area contributed by atoms with E-state index in [0.717, 1.165) is 18.0 Å². The van der Waals surface area contributed by atoms with Crippen LogP contribution < -0.4 is 10.5 Å². The smallest absolute Gasteiger partial charge is 0.352 e. The van der Waals surface area contributed by atoms with Crippen molar-refractivity contribution in [1.29, 1.82) is 0 Å². The molecule has 0 aromatic carbocycles. The molecule has 0 radical (unpaired) electrons. The molecule has 0 bridgehead atoms. The number of hydrogen-bond donors (Lipinski definition) is 0. The molecular formula is C15H15F3N4O. The third kappa shape index (κ3) is 2.80. The lowest BCUT2D eigenvalue weighted by molar-refractivity contribution is -0.137. The molecule has 0 spiro atoms. The molecule has 5 nitrogen and oxygen atoms in total. The molecule has 0 amide bonds. The van der Waals surface area contributed by atoms with Crippen molar-refractivity contribution in [3.8, 4) is 0 Å². The Morgan fingerprint density at radius 2 is 2.00 bits per heavy atom. The first-order chi connectivity index (χ1) is 10.8. The summed E-state index contributed by atoms with van der Waals surface area (Å²) in [4.78, 5) is 22.4. The molecule has 0 unspecified atom stereocenters. The van der Waals surface area contributed by atoms with Crippen molar-refractivity contribution in [2.24, 2.45) is 7.05 Å². The summed E-state index contributed by atoms with van der Waals surface area (Å²) in [7, 11) is 1.65. The highest BCUT2D eigenvalue weighted by atomic mass is 19.4. The largest absolute Gasteiger partial charge is 0.417 e. The average Bonchev–Trinajstić information content (AvgIpc) is 2.52. The maximum atomic E-state index is 12.6. The molecule has 0 fully saturated rings. The summed E-state index contributed by atoms with van der Waals surface area (Å²) in [6.07, 6.45) is -3.03. The monoisotopic (exact) mass is 324 g/mol. The second kappa shape index (κ2) is 5.36. The molecule has 0 atom stereocenters. The zero-order valence-corrected chi connectivity index (χ0v) is 12.7.